The molecule has 0 fully saturated rings. The standard InChI is InChI=1S/C22H19N5/c1-4-18(13-23-8-1)21(19-5-2-9-24-14-19)12-17-7-11-26-16-22(17)27-20-6-3-10-25-15-20/h1-11,13-16,21,27H,12H2. The molecule has 27 heavy (non-hydrogen) atoms. The average molecular weight is 353 g/mol. The number of anilines is 2. The number of hydrogen-bond acceptors (Lipinski definition) is 5. The Labute approximate surface area is 158 Å². The van der Waals surface area contributed by atoms with Gasteiger partial charge in [0.1, 0.15) is 0 Å². The molecule has 0 aliphatic heterocycles. The van der Waals surface area contributed by atoms with Gasteiger partial charge in [0.2, 0.25) is 0 Å². The van der Waals surface area contributed by atoms with Crippen LogP contribution in [0.3, 0.4) is 0 Å². The second-order valence-corrected chi connectivity index (χ2v) is 6.23. The SMILES string of the molecule is c1cncc(Nc2cnccc2CC(c2cccnc2)c2cccnc2)c1. The first-order valence-electron chi connectivity index (χ1n) is 8.80. The van der Waals surface area contributed by atoms with Crippen molar-refractivity contribution in [2.24, 2.45) is 0 Å². The summed E-state index contributed by atoms with van der Waals surface area (Å²) >= 11 is 0. The first-order chi connectivity index (χ1) is 13.4. The number of nitrogens with one attached hydrogen (secondary N) is 1. The maximum atomic E-state index is 4.31. The van der Waals surface area contributed by atoms with Crippen molar-refractivity contribution in [3.63, 3.8) is 0 Å². The average Bonchev–Trinajstić information content (AvgIpc) is 2.75. The van der Waals surface area contributed by atoms with Gasteiger partial charge in [0, 0.05) is 43.1 Å². The molecular formula is C22H19N5. The maximum Gasteiger partial charge on any atom is 0.0604 e. The molecule has 5 heteroatoms. The summed E-state index contributed by atoms with van der Waals surface area (Å²) in [6, 6.07) is 14.1. The third-order valence-corrected chi connectivity index (χ3v) is 4.45. The van der Waals surface area contributed by atoms with Gasteiger partial charge in [-0.1, -0.05) is 12.1 Å². The fourth-order valence-corrected chi connectivity index (χ4v) is 3.12. The number of pyridine rings is 4. The van der Waals surface area contributed by atoms with E-state index in [0.717, 1.165) is 28.9 Å². The van der Waals surface area contributed by atoms with Crippen LogP contribution in [0.1, 0.15) is 22.6 Å². The molecular weight excluding hydrogens is 334 g/mol. The molecule has 0 spiro atoms. The van der Waals surface area contributed by atoms with E-state index in [-0.39, 0.29) is 5.92 Å². The lowest BCUT2D eigenvalue weighted by molar-refractivity contribution is 0.794. The summed E-state index contributed by atoms with van der Waals surface area (Å²) in [5.74, 6) is 0.157. The Bertz CT molecular complexity index is 935. The topological polar surface area (TPSA) is 63.6 Å². The molecule has 1 N–H and O–H groups in total. The Morgan fingerprint density at radius 3 is 1.89 bits per heavy atom. The van der Waals surface area contributed by atoms with E-state index in [2.05, 4.69) is 43.5 Å². The van der Waals surface area contributed by atoms with Crippen LogP contribution in [0.15, 0.2) is 92.0 Å². The second kappa shape index (κ2) is 8.19. The largest absolute Gasteiger partial charge is 0.353 e. The van der Waals surface area contributed by atoms with Crippen LogP contribution in [0.5, 0.6) is 0 Å². The highest BCUT2D eigenvalue weighted by Crippen LogP contribution is 2.30. The first kappa shape index (κ1) is 16.8. The van der Waals surface area contributed by atoms with Crippen molar-refractivity contribution in [1.29, 1.82) is 0 Å². The molecule has 0 aliphatic carbocycles. The number of nitrogens with zero attached hydrogens (tertiary/aromatic N) is 4. The molecule has 5 nitrogen and oxygen atoms in total. The predicted octanol–water partition coefficient (Wildman–Crippen LogP) is 4.38. The summed E-state index contributed by atoms with van der Waals surface area (Å²) in [5, 5.41) is 3.42. The molecule has 4 aromatic heterocycles. The molecule has 4 rings (SSSR count). The van der Waals surface area contributed by atoms with E-state index in [1.807, 2.05) is 49.1 Å². The van der Waals surface area contributed by atoms with Gasteiger partial charge in [0.25, 0.3) is 0 Å². The van der Waals surface area contributed by atoms with Crippen LogP contribution in [0, 0.1) is 0 Å². The fourth-order valence-electron chi connectivity index (χ4n) is 3.12. The van der Waals surface area contributed by atoms with Crippen molar-refractivity contribution < 1.29 is 0 Å². The van der Waals surface area contributed by atoms with E-state index in [0.29, 0.717) is 0 Å². The lowest BCUT2D eigenvalue weighted by atomic mass is 9.87. The first-order valence-corrected chi connectivity index (χ1v) is 8.80. The summed E-state index contributed by atoms with van der Waals surface area (Å²) in [4.78, 5) is 17.1. The third-order valence-electron chi connectivity index (χ3n) is 4.45. The van der Waals surface area contributed by atoms with Crippen molar-refractivity contribution in [1.82, 2.24) is 19.9 Å². The quantitative estimate of drug-likeness (QED) is 0.557. The molecule has 132 valence electrons. The molecule has 0 radical (unpaired) electrons. The van der Waals surface area contributed by atoms with Gasteiger partial charge in [-0.2, -0.15) is 0 Å². The molecule has 0 saturated heterocycles. The number of hydrogen-bond donors (Lipinski definition) is 1. The zero-order valence-electron chi connectivity index (χ0n) is 14.7. The van der Waals surface area contributed by atoms with Gasteiger partial charge >= 0.3 is 0 Å². The van der Waals surface area contributed by atoms with Gasteiger partial charge in [0.05, 0.1) is 23.8 Å². The minimum Gasteiger partial charge on any atom is -0.353 e. The van der Waals surface area contributed by atoms with Crippen LogP contribution in [-0.4, -0.2) is 19.9 Å². The zero-order valence-corrected chi connectivity index (χ0v) is 14.7. The van der Waals surface area contributed by atoms with E-state index in [1.165, 1.54) is 5.56 Å². The lowest BCUT2D eigenvalue weighted by Gasteiger charge is -2.19. The Hall–Kier alpha value is -3.60. The van der Waals surface area contributed by atoms with Crippen LogP contribution in [-0.2, 0) is 6.42 Å². The Morgan fingerprint density at radius 2 is 1.30 bits per heavy atom. The Kier molecular flexibility index (Phi) is 5.11. The van der Waals surface area contributed by atoms with Crippen molar-refractivity contribution in [3.05, 3.63) is 109 Å². The van der Waals surface area contributed by atoms with Gasteiger partial charge in [0.15, 0.2) is 0 Å². The van der Waals surface area contributed by atoms with Crippen molar-refractivity contribution >= 4 is 11.4 Å². The molecule has 0 bridgehead atoms. The van der Waals surface area contributed by atoms with Crippen LogP contribution in [0.4, 0.5) is 11.4 Å². The molecule has 0 amide bonds. The minimum absolute atomic E-state index is 0.157. The van der Waals surface area contributed by atoms with Gasteiger partial charge in [-0.25, -0.2) is 0 Å². The predicted molar refractivity (Wildman–Crippen MR) is 106 cm³/mol. The van der Waals surface area contributed by atoms with Crippen molar-refractivity contribution in [2.45, 2.75) is 12.3 Å². The lowest BCUT2D eigenvalue weighted by Crippen LogP contribution is -2.08. The zero-order chi connectivity index (χ0) is 18.3. The van der Waals surface area contributed by atoms with E-state index in [9.17, 15) is 0 Å². The van der Waals surface area contributed by atoms with Gasteiger partial charge < -0.3 is 5.32 Å². The molecule has 0 aromatic carbocycles. The highest BCUT2D eigenvalue weighted by molar-refractivity contribution is 5.61. The fraction of sp³-hybridized carbons (Fsp3) is 0.0909. The summed E-state index contributed by atoms with van der Waals surface area (Å²) in [5.41, 5.74) is 5.41. The molecule has 4 heterocycles. The molecule has 0 saturated carbocycles. The third kappa shape index (κ3) is 4.15. The summed E-state index contributed by atoms with van der Waals surface area (Å²) in [6.45, 7) is 0. The summed E-state index contributed by atoms with van der Waals surface area (Å²) < 4.78 is 0. The Morgan fingerprint density at radius 1 is 0.667 bits per heavy atom. The molecule has 0 atom stereocenters. The minimum atomic E-state index is 0.157. The highest BCUT2D eigenvalue weighted by Gasteiger charge is 2.17. The van der Waals surface area contributed by atoms with E-state index < -0.39 is 0 Å². The van der Waals surface area contributed by atoms with Gasteiger partial charge in [-0.3, -0.25) is 19.9 Å². The maximum absolute atomic E-state index is 4.31. The van der Waals surface area contributed by atoms with Crippen molar-refractivity contribution in [2.75, 3.05) is 5.32 Å². The van der Waals surface area contributed by atoms with E-state index >= 15 is 0 Å². The molecule has 0 unspecified atom stereocenters. The normalized spacial score (nSPS) is 10.7. The number of aromatic nitrogens is 4. The monoisotopic (exact) mass is 353 g/mol. The van der Waals surface area contributed by atoms with Crippen LogP contribution in [0.2, 0.25) is 0 Å². The van der Waals surface area contributed by atoms with Crippen LogP contribution >= 0.6 is 0 Å². The summed E-state index contributed by atoms with van der Waals surface area (Å²) in [6.07, 6.45) is 15.5. The van der Waals surface area contributed by atoms with Gasteiger partial charge in [-0.05, 0) is 53.4 Å². The second-order valence-electron chi connectivity index (χ2n) is 6.23. The highest BCUT2D eigenvalue weighted by atomic mass is 14.9. The van der Waals surface area contributed by atoms with Gasteiger partial charge in [-0.15, -0.1) is 0 Å². The smallest absolute Gasteiger partial charge is 0.0604 e. The molecule has 4 aromatic rings. The summed E-state index contributed by atoms with van der Waals surface area (Å²) in [7, 11) is 0. The van der Waals surface area contributed by atoms with E-state index in [4.69, 9.17) is 0 Å². The number of rotatable bonds is 6. The van der Waals surface area contributed by atoms with Crippen molar-refractivity contribution in [3.8, 4) is 0 Å². The molecule has 0 aliphatic rings. The van der Waals surface area contributed by atoms with E-state index in [1.54, 1.807) is 24.8 Å². The van der Waals surface area contributed by atoms with Crippen LogP contribution < -0.4 is 5.32 Å². The Balaban J connectivity index is 1.68. The van der Waals surface area contributed by atoms with Crippen LogP contribution in [0.25, 0.3) is 0 Å².